The van der Waals surface area contributed by atoms with Gasteiger partial charge < -0.3 is 15.2 Å². The lowest BCUT2D eigenvalue weighted by Gasteiger charge is -2.36. The summed E-state index contributed by atoms with van der Waals surface area (Å²) < 4.78 is 15.1. The van der Waals surface area contributed by atoms with E-state index in [0.717, 1.165) is 31.9 Å². The number of halogens is 1. The number of anilines is 1. The molecule has 168 valence electrons. The SMILES string of the molecule is CNC(=O)c1ccc(N2CCN(Cc3ccc4nc(C(C)C)c(=O)[nH]c4c3F)CC2)cn1. The number of nitrogens with one attached hydrogen (secondary N) is 2. The van der Waals surface area contributed by atoms with Crippen molar-refractivity contribution in [2.24, 2.45) is 0 Å². The normalized spacial score (nSPS) is 14.8. The lowest BCUT2D eigenvalue weighted by atomic mass is 10.1. The van der Waals surface area contributed by atoms with Crippen molar-refractivity contribution in [2.75, 3.05) is 38.1 Å². The third-order valence-corrected chi connectivity index (χ3v) is 5.80. The smallest absolute Gasteiger partial charge is 0.270 e. The topological polar surface area (TPSA) is 94.2 Å². The van der Waals surface area contributed by atoms with E-state index in [1.54, 1.807) is 31.4 Å². The van der Waals surface area contributed by atoms with Crippen LogP contribution >= 0.6 is 0 Å². The molecule has 0 spiro atoms. The number of carbonyl (C=O) groups is 1. The van der Waals surface area contributed by atoms with Gasteiger partial charge in [0.1, 0.15) is 16.9 Å². The Kier molecular flexibility index (Phi) is 6.18. The maximum absolute atomic E-state index is 15.1. The first-order valence-electron chi connectivity index (χ1n) is 10.7. The third kappa shape index (κ3) is 4.34. The van der Waals surface area contributed by atoms with Crippen molar-refractivity contribution in [3.63, 3.8) is 0 Å². The van der Waals surface area contributed by atoms with Crippen LogP contribution in [0.5, 0.6) is 0 Å². The summed E-state index contributed by atoms with van der Waals surface area (Å²) in [6.45, 7) is 7.29. The fourth-order valence-electron chi connectivity index (χ4n) is 3.93. The Morgan fingerprint density at radius 1 is 1.19 bits per heavy atom. The van der Waals surface area contributed by atoms with Crippen LogP contribution in [0, 0.1) is 5.82 Å². The van der Waals surface area contributed by atoms with Gasteiger partial charge in [0, 0.05) is 51.3 Å². The molecule has 1 aromatic carbocycles. The number of fused-ring (bicyclic) bond motifs is 1. The highest BCUT2D eigenvalue weighted by Crippen LogP contribution is 2.22. The van der Waals surface area contributed by atoms with Crippen LogP contribution in [0.25, 0.3) is 11.0 Å². The van der Waals surface area contributed by atoms with Gasteiger partial charge in [-0.1, -0.05) is 19.9 Å². The summed E-state index contributed by atoms with van der Waals surface area (Å²) in [4.78, 5) is 39.5. The molecule has 3 heterocycles. The summed E-state index contributed by atoms with van der Waals surface area (Å²) in [5.74, 6) is -0.660. The zero-order valence-electron chi connectivity index (χ0n) is 18.5. The second kappa shape index (κ2) is 9.04. The molecule has 4 rings (SSSR count). The Morgan fingerprint density at radius 3 is 2.56 bits per heavy atom. The number of nitrogens with zero attached hydrogens (tertiary/aromatic N) is 4. The van der Waals surface area contributed by atoms with Crippen LogP contribution in [-0.4, -0.2) is 59.0 Å². The number of H-pyrrole nitrogens is 1. The predicted molar refractivity (Wildman–Crippen MR) is 122 cm³/mol. The lowest BCUT2D eigenvalue weighted by Crippen LogP contribution is -2.46. The van der Waals surface area contributed by atoms with Crippen molar-refractivity contribution in [1.82, 2.24) is 25.2 Å². The van der Waals surface area contributed by atoms with E-state index in [2.05, 4.69) is 30.1 Å². The Morgan fingerprint density at radius 2 is 1.94 bits per heavy atom. The highest BCUT2D eigenvalue weighted by molar-refractivity contribution is 5.92. The molecule has 1 fully saturated rings. The van der Waals surface area contributed by atoms with E-state index in [1.165, 1.54) is 0 Å². The van der Waals surface area contributed by atoms with Crippen LogP contribution in [0.15, 0.2) is 35.3 Å². The highest BCUT2D eigenvalue weighted by atomic mass is 19.1. The average Bonchev–Trinajstić information content (AvgIpc) is 2.81. The van der Waals surface area contributed by atoms with Gasteiger partial charge in [-0.2, -0.15) is 0 Å². The van der Waals surface area contributed by atoms with Gasteiger partial charge in [-0.05, 0) is 18.2 Å². The second-order valence-corrected chi connectivity index (χ2v) is 8.28. The molecule has 2 aromatic heterocycles. The van der Waals surface area contributed by atoms with E-state index in [9.17, 15) is 9.59 Å². The molecule has 1 aliphatic rings. The summed E-state index contributed by atoms with van der Waals surface area (Å²) >= 11 is 0. The molecule has 0 aliphatic carbocycles. The zero-order valence-corrected chi connectivity index (χ0v) is 18.5. The molecule has 1 amide bonds. The first-order chi connectivity index (χ1) is 15.4. The van der Waals surface area contributed by atoms with Crippen LogP contribution in [0.4, 0.5) is 10.1 Å². The number of piperazine rings is 1. The molecule has 1 aliphatic heterocycles. The van der Waals surface area contributed by atoms with Crippen molar-refractivity contribution in [2.45, 2.75) is 26.3 Å². The molecule has 2 N–H and O–H groups in total. The van der Waals surface area contributed by atoms with E-state index < -0.39 is 5.82 Å². The molecule has 32 heavy (non-hydrogen) atoms. The molecule has 9 heteroatoms. The number of carbonyl (C=O) groups excluding carboxylic acids is 1. The first kappa shape index (κ1) is 21.9. The van der Waals surface area contributed by atoms with Gasteiger partial charge in [-0.3, -0.25) is 14.5 Å². The van der Waals surface area contributed by atoms with Gasteiger partial charge in [0.15, 0.2) is 5.82 Å². The standard InChI is InChI=1S/C23H27FN6O2/c1-14(2)20-23(32)28-21-17(27-20)6-4-15(19(21)24)13-29-8-10-30(11-9-29)16-5-7-18(26-12-16)22(31)25-3/h4-7,12,14H,8-11,13H2,1-3H3,(H,25,31)(H,28,32). The molecule has 8 nitrogen and oxygen atoms in total. The zero-order chi connectivity index (χ0) is 22.8. The molecule has 0 unspecified atom stereocenters. The largest absolute Gasteiger partial charge is 0.368 e. The minimum Gasteiger partial charge on any atom is -0.368 e. The fraction of sp³-hybridized carbons (Fsp3) is 0.391. The molecular formula is C23H27FN6O2. The van der Waals surface area contributed by atoms with Gasteiger partial charge in [0.05, 0.1) is 17.4 Å². The number of aromatic amines is 1. The number of pyridine rings is 1. The fourth-order valence-corrected chi connectivity index (χ4v) is 3.93. The minimum atomic E-state index is -0.418. The molecule has 1 saturated heterocycles. The van der Waals surface area contributed by atoms with E-state index in [-0.39, 0.29) is 22.9 Å². The molecule has 0 atom stereocenters. The quantitative estimate of drug-likeness (QED) is 0.635. The van der Waals surface area contributed by atoms with Gasteiger partial charge in [0.2, 0.25) is 0 Å². The van der Waals surface area contributed by atoms with Gasteiger partial charge in [-0.25, -0.2) is 14.4 Å². The molecule has 0 bridgehead atoms. The van der Waals surface area contributed by atoms with Gasteiger partial charge in [0.25, 0.3) is 11.5 Å². The van der Waals surface area contributed by atoms with Crippen LogP contribution in [0.3, 0.4) is 0 Å². The van der Waals surface area contributed by atoms with Crippen LogP contribution < -0.4 is 15.8 Å². The minimum absolute atomic E-state index is 0.0302. The van der Waals surface area contributed by atoms with Crippen molar-refractivity contribution in [1.29, 1.82) is 0 Å². The van der Waals surface area contributed by atoms with Gasteiger partial charge in [-0.15, -0.1) is 0 Å². The average molecular weight is 439 g/mol. The Balaban J connectivity index is 1.44. The molecule has 3 aromatic rings. The first-order valence-corrected chi connectivity index (χ1v) is 10.7. The number of hydrogen-bond donors (Lipinski definition) is 2. The Hall–Kier alpha value is -3.33. The van der Waals surface area contributed by atoms with Crippen molar-refractivity contribution < 1.29 is 9.18 Å². The van der Waals surface area contributed by atoms with Crippen molar-refractivity contribution in [3.8, 4) is 0 Å². The Bertz CT molecular complexity index is 1180. The van der Waals surface area contributed by atoms with Crippen LogP contribution in [0.2, 0.25) is 0 Å². The molecule has 0 saturated carbocycles. The van der Waals surface area contributed by atoms with Crippen LogP contribution in [-0.2, 0) is 6.54 Å². The van der Waals surface area contributed by atoms with E-state index in [4.69, 9.17) is 0 Å². The number of amides is 1. The number of aromatic nitrogens is 3. The summed E-state index contributed by atoms with van der Waals surface area (Å²) in [6, 6.07) is 7.13. The van der Waals surface area contributed by atoms with Crippen molar-refractivity contribution >= 4 is 22.6 Å². The second-order valence-electron chi connectivity index (χ2n) is 8.28. The number of hydrogen-bond acceptors (Lipinski definition) is 6. The van der Waals surface area contributed by atoms with Crippen LogP contribution in [0.1, 0.15) is 41.5 Å². The predicted octanol–water partition coefficient (Wildman–Crippen LogP) is 2.26. The Labute approximate surface area is 185 Å². The lowest BCUT2D eigenvalue weighted by molar-refractivity contribution is 0.0958. The highest BCUT2D eigenvalue weighted by Gasteiger charge is 2.20. The number of rotatable bonds is 5. The van der Waals surface area contributed by atoms with Gasteiger partial charge >= 0.3 is 0 Å². The summed E-state index contributed by atoms with van der Waals surface area (Å²) in [7, 11) is 1.58. The van der Waals surface area contributed by atoms with E-state index in [1.807, 2.05) is 19.9 Å². The monoisotopic (exact) mass is 438 g/mol. The third-order valence-electron chi connectivity index (χ3n) is 5.80. The number of benzene rings is 1. The summed E-state index contributed by atoms with van der Waals surface area (Å²) in [5, 5.41) is 2.56. The maximum Gasteiger partial charge on any atom is 0.270 e. The summed E-state index contributed by atoms with van der Waals surface area (Å²) in [6.07, 6.45) is 1.71. The molecular weight excluding hydrogens is 411 g/mol. The summed E-state index contributed by atoms with van der Waals surface area (Å²) in [5.41, 5.74) is 2.59. The van der Waals surface area contributed by atoms with E-state index >= 15 is 4.39 Å². The molecule has 0 radical (unpaired) electrons. The van der Waals surface area contributed by atoms with E-state index in [0.29, 0.717) is 29.0 Å². The maximum atomic E-state index is 15.1. The van der Waals surface area contributed by atoms with Crippen molar-refractivity contribution in [3.05, 3.63) is 63.6 Å².